The average Bonchev–Trinajstić information content (AvgIpc) is 3.16. The van der Waals surface area contributed by atoms with Gasteiger partial charge < -0.3 is 14.6 Å². The van der Waals surface area contributed by atoms with Crippen molar-refractivity contribution in [3.05, 3.63) is 11.7 Å². The molecule has 120 valence electrons. The Hall–Kier alpha value is -0.940. The third-order valence-electron chi connectivity index (χ3n) is 3.80. The van der Waals surface area contributed by atoms with Gasteiger partial charge in [-0.15, -0.1) is 0 Å². The van der Waals surface area contributed by atoms with Gasteiger partial charge in [-0.25, -0.2) is 0 Å². The van der Waals surface area contributed by atoms with Crippen molar-refractivity contribution in [2.24, 2.45) is 11.8 Å². The first-order valence-electron chi connectivity index (χ1n) is 8.31. The van der Waals surface area contributed by atoms with Crippen LogP contribution in [0.1, 0.15) is 64.8 Å². The molecule has 1 saturated carbocycles. The minimum atomic E-state index is 0.0233. The van der Waals surface area contributed by atoms with Crippen LogP contribution in [0.4, 0.5) is 0 Å². The third kappa shape index (κ3) is 5.08. The molecule has 5 nitrogen and oxygen atoms in total. The highest BCUT2D eigenvalue weighted by Gasteiger charge is 2.36. The van der Waals surface area contributed by atoms with Crippen LogP contribution in [0, 0.1) is 11.8 Å². The molecule has 2 unspecified atom stereocenters. The lowest BCUT2D eigenvalue weighted by Crippen LogP contribution is -2.32. The molecule has 1 N–H and O–H groups in total. The monoisotopic (exact) mass is 295 g/mol. The largest absolute Gasteiger partial charge is 0.370 e. The summed E-state index contributed by atoms with van der Waals surface area (Å²) in [6, 6.07) is 0.398. The summed E-state index contributed by atoms with van der Waals surface area (Å²) in [5.74, 6) is 2.69. The number of hydrogen-bond donors (Lipinski definition) is 1. The molecular weight excluding hydrogens is 266 g/mol. The second kappa shape index (κ2) is 7.90. The van der Waals surface area contributed by atoms with Crippen LogP contribution in [-0.2, 0) is 11.2 Å². The van der Waals surface area contributed by atoms with Crippen molar-refractivity contribution in [3.63, 3.8) is 0 Å². The number of aromatic nitrogens is 2. The van der Waals surface area contributed by atoms with Crippen molar-refractivity contribution in [3.8, 4) is 0 Å². The lowest BCUT2D eigenvalue weighted by molar-refractivity contribution is 0.0384. The Morgan fingerprint density at radius 1 is 1.33 bits per heavy atom. The Kier molecular flexibility index (Phi) is 6.18. The van der Waals surface area contributed by atoms with Crippen LogP contribution in [0.2, 0.25) is 0 Å². The van der Waals surface area contributed by atoms with Crippen LogP contribution in [0.15, 0.2) is 4.52 Å². The quantitative estimate of drug-likeness (QED) is 0.718. The minimum absolute atomic E-state index is 0.0233. The predicted octanol–water partition coefficient (Wildman–Crippen LogP) is 3.12. The summed E-state index contributed by atoms with van der Waals surface area (Å²) in [6.45, 7) is 10.3. The van der Waals surface area contributed by atoms with Gasteiger partial charge in [0.25, 0.3) is 0 Å². The normalized spacial score (nSPS) is 18.1. The molecule has 0 aromatic carbocycles. The Morgan fingerprint density at radius 3 is 2.67 bits per heavy atom. The first-order valence-corrected chi connectivity index (χ1v) is 8.31. The Bertz CT molecular complexity index is 415. The molecule has 1 aliphatic rings. The van der Waals surface area contributed by atoms with E-state index < -0.39 is 0 Å². The summed E-state index contributed by atoms with van der Waals surface area (Å²) < 4.78 is 11.2. The molecule has 0 amide bonds. The molecule has 0 spiro atoms. The van der Waals surface area contributed by atoms with Crippen molar-refractivity contribution >= 4 is 0 Å². The van der Waals surface area contributed by atoms with E-state index in [1.54, 1.807) is 0 Å². The number of nitrogens with zero attached hydrogens (tertiary/aromatic N) is 2. The van der Waals surface area contributed by atoms with Crippen molar-refractivity contribution in [1.29, 1.82) is 0 Å². The van der Waals surface area contributed by atoms with Crippen LogP contribution in [0.3, 0.4) is 0 Å². The first kappa shape index (κ1) is 16.4. The van der Waals surface area contributed by atoms with E-state index in [-0.39, 0.29) is 6.10 Å². The number of likely N-dealkylation sites (N-methyl/N-ethyl adjacent to an activating group) is 1. The standard InChI is InChI=1S/C16H29N3O2/c1-5-17-13(9-11(3)4)10-14-18-16(19-21-14)15(20-6-2)12-7-8-12/h11-13,15,17H,5-10H2,1-4H3. The predicted molar refractivity (Wildman–Crippen MR) is 82.0 cm³/mol. The van der Waals surface area contributed by atoms with Gasteiger partial charge in [0.05, 0.1) is 0 Å². The first-order chi connectivity index (χ1) is 10.1. The number of rotatable bonds is 10. The lowest BCUT2D eigenvalue weighted by Gasteiger charge is -2.17. The van der Waals surface area contributed by atoms with E-state index in [4.69, 9.17) is 9.26 Å². The Morgan fingerprint density at radius 2 is 2.10 bits per heavy atom. The fourth-order valence-electron chi connectivity index (χ4n) is 2.77. The van der Waals surface area contributed by atoms with Gasteiger partial charge in [-0.1, -0.05) is 25.9 Å². The molecule has 0 bridgehead atoms. The van der Waals surface area contributed by atoms with Crippen LogP contribution < -0.4 is 5.32 Å². The number of hydrogen-bond acceptors (Lipinski definition) is 5. The Balaban J connectivity index is 1.97. The molecule has 1 aromatic heterocycles. The molecule has 1 heterocycles. The zero-order chi connectivity index (χ0) is 15.2. The van der Waals surface area contributed by atoms with Gasteiger partial charge in [0.2, 0.25) is 11.7 Å². The maximum Gasteiger partial charge on any atom is 0.228 e. The van der Waals surface area contributed by atoms with E-state index in [9.17, 15) is 0 Å². The minimum Gasteiger partial charge on any atom is -0.370 e. The summed E-state index contributed by atoms with van der Waals surface area (Å²) >= 11 is 0. The topological polar surface area (TPSA) is 60.2 Å². The molecule has 2 atom stereocenters. The summed E-state index contributed by atoms with van der Waals surface area (Å²) in [4.78, 5) is 4.58. The van der Waals surface area contributed by atoms with Crippen LogP contribution in [0.5, 0.6) is 0 Å². The van der Waals surface area contributed by atoms with Crippen molar-refractivity contribution in [1.82, 2.24) is 15.5 Å². The van der Waals surface area contributed by atoms with E-state index in [0.29, 0.717) is 24.5 Å². The van der Waals surface area contributed by atoms with E-state index in [0.717, 1.165) is 31.1 Å². The van der Waals surface area contributed by atoms with Gasteiger partial charge in [0, 0.05) is 19.1 Å². The Labute approximate surface area is 127 Å². The van der Waals surface area contributed by atoms with Gasteiger partial charge in [-0.05, 0) is 44.6 Å². The molecular formula is C16H29N3O2. The number of nitrogens with one attached hydrogen (secondary N) is 1. The fraction of sp³-hybridized carbons (Fsp3) is 0.875. The molecule has 0 radical (unpaired) electrons. The van der Waals surface area contributed by atoms with Crippen LogP contribution in [-0.4, -0.2) is 29.3 Å². The lowest BCUT2D eigenvalue weighted by atomic mass is 10.0. The SMILES string of the molecule is CCNC(Cc1nc(C(OCC)C2CC2)no1)CC(C)C. The van der Waals surface area contributed by atoms with E-state index in [1.165, 1.54) is 12.8 Å². The van der Waals surface area contributed by atoms with Gasteiger partial charge in [0.15, 0.2) is 0 Å². The van der Waals surface area contributed by atoms with E-state index >= 15 is 0 Å². The van der Waals surface area contributed by atoms with Crippen molar-refractivity contribution in [2.75, 3.05) is 13.2 Å². The van der Waals surface area contributed by atoms with E-state index in [1.807, 2.05) is 6.92 Å². The molecule has 1 fully saturated rings. The van der Waals surface area contributed by atoms with Gasteiger partial charge in [-0.3, -0.25) is 0 Å². The number of ether oxygens (including phenoxy) is 1. The second-order valence-corrected chi connectivity index (χ2v) is 6.35. The molecule has 1 aromatic rings. The van der Waals surface area contributed by atoms with Gasteiger partial charge in [0.1, 0.15) is 6.10 Å². The van der Waals surface area contributed by atoms with Crippen molar-refractivity contribution < 1.29 is 9.26 Å². The smallest absolute Gasteiger partial charge is 0.228 e. The van der Waals surface area contributed by atoms with Crippen LogP contribution >= 0.6 is 0 Å². The highest BCUT2D eigenvalue weighted by molar-refractivity contribution is 4.99. The zero-order valence-electron chi connectivity index (χ0n) is 13.8. The maximum absolute atomic E-state index is 5.78. The summed E-state index contributed by atoms with van der Waals surface area (Å²) in [7, 11) is 0. The van der Waals surface area contributed by atoms with Gasteiger partial charge in [-0.2, -0.15) is 4.98 Å². The second-order valence-electron chi connectivity index (χ2n) is 6.35. The fourth-order valence-corrected chi connectivity index (χ4v) is 2.77. The highest BCUT2D eigenvalue weighted by Crippen LogP contribution is 2.42. The van der Waals surface area contributed by atoms with Crippen LogP contribution in [0.25, 0.3) is 0 Å². The molecule has 0 aliphatic heterocycles. The molecule has 1 aliphatic carbocycles. The zero-order valence-corrected chi connectivity index (χ0v) is 13.8. The molecule has 5 heteroatoms. The molecule has 2 rings (SSSR count). The molecule has 21 heavy (non-hydrogen) atoms. The molecule has 0 saturated heterocycles. The average molecular weight is 295 g/mol. The summed E-state index contributed by atoms with van der Waals surface area (Å²) in [5.41, 5.74) is 0. The van der Waals surface area contributed by atoms with Gasteiger partial charge >= 0.3 is 0 Å². The summed E-state index contributed by atoms with van der Waals surface area (Å²) in [5, 5.41) is 7.65. The summed E-state index contributed by atoms with van der Waals surface area (Å²) in [6.07, 6.45) is 4.35. The van der Waals surface area contributed by atoms with Crippen molar-refractivity contribution in [2.45, 2.75) is 65.5 Å². The maximum atomic E-state index is 5.78. The third-order valence-corrected chi connectivity index (χ3v) is 3.80. The van der Waals surface area contributed by atoms with E-state index in [2.05, 4.69) is 36.2 Å². The highest BCUT2D eigenvalue weighted by atomic mass is 16.5.